The summed E-state index contributed by atoms with van der Waals surface area (Å²) in [6.45, 7) is 11.7. The van der Waals surface area contributed by atoms with Crippen LogP contribution in [-0.2, 0) is 28.6 Å². The van der Waals surface area contributed by atoms with Crippen molar-refractivity contribution < 1.29 is 68.8 Å². The van der Waals surface area contributed by atoms with Gasteiger partial charge in [-0.3, -0.25) is 14.4 Å². The standard InChI is InChI=1S/C40H52N2O14/c1-18-11-10-12-19(2)39(51)42-30-25(17-41-54-16-14-43)34(48)27-28(35(30)49)33(47)23(6)37-29(27)38(50)40(8,56-37)53-15-13-26(52-9)20(3)36(55-24(7)44)22(5)32(46)21(4)31(18)45/h10-13,15,17-18,20-22,26,31-32,36,43,45-49H,14,16H2,1-9H3,(H,42,51)/b11-10-,15-13-,19-12-,41-17+. The van der Waals surface area contributed by atoms with E-state index in [2.05, 4.69) is 10.5 Å². The zero-order valence-corrected chi connectivity index (χ0v) is 32.9. The lowest BCUT2D eigenvalue weighted by atomic mass is 9.78. The van der Waals surface area contributed by atoms with Crippen LogP contribution in [0.1, 0.15) is 70.0 Å². The number of oxime groups is 1. The lowest BCUT2D eigenvalue weighted by Gasteiger charge is -2.38. The van der Waals surface area contributed by atoms with Crippen molar-refractivity contribution in [3.63, 3.8) is 0 Å². The van der Waals surface area contributed by atoms with E-state index in [0.29, 0.717) is 0 Å². The number of nitrogens with zero attached hydrogens (tertiary/aromatic N) is 1. The van der Waals surface area contributed by atoms with E-state index in [1.165, 1.54) is 53.0 Å². The molecule has 1 amide bonds. The predicted molar refractivity (Wildman–Crippen MR) is 204 cm³/mol. The molecule has 0 fully saturated rings. The number of methoxy groups -OCH3 is 1. The molecule has 2 aromatic carbocycles. The minimum Gasteiger partial charge on any atom is -0.507 e. The maximum Gasteiger partial charge on any atom is 0.312 e. The molecular weight excluding hydrogens is 732 g/mol. The molecule has 3 aliphatic rings. The number of phenolic OH excluding ortho intramolecular Hbond substituents is 3. The van der Waals surface area contributed by atoms with Gasteiger partial charge in [0.2, 0.25) is 0 Å². The molecule has 5 bridgehead atoms. The fraction of sp³-hybridized carbons (Fsp3) is 0.500. The number of hydrogen-bond donors (Lipinski definition) is 7. The summed E-state index contributed by atoms with van der Waals surface area (Å²) in [7, 11) is 1.41. The summed E-state index contributed by atoms with van der Waals surface area (Å²) >= 11 is 0. The van der Waals surface area contributed by atoms with Crippen molar-refractivity contribution in [1.29, 1.82) is 0 Å². The molecule has 0 spiro atoms. The predicted octanol–water partition coefficient (Wildman–Crippen LogP) is 4.10. The second-order valence-electron chi connectivity index (χ2n) is 14.4. The monoisotopic (exact) mass is 784 g/mol. The van der Waals surface area contributed by atoms with Gasteiger partial charge in [-0.25, -0.2) is 0 Å². The number of amides is 1. The number of carbonyl (C=O) groups excluding carboxylic acids is 3. The van der Waals surface area contributed by atoms with Crippen LogP contribution in [0.4, 0.5) is 5.69 Å². The molecule has 3 heterocycles. The molecule has 3 aliphatic heterocycles. The van der Waals surface area contributed by atoms with Crippen LogP contribution in [-0.4, -0.2) is 105 Å². The van der Waals surface area contributed by atoms with E-state index < -0.39 is 101 Å². The Hall–Kier alpha value is -5.16. The van der Waals surface area contributed by atoms with Gasteiger partial charge in [-0.05, 0) is 19.9 Å². The molecule has 9 unspecified atom stereocenters. The first-order valence-corrected chi connectivity index (χ1v) is 18.2. The quantitative estimate of drug-likeness (QED) is 0.0545. The van der Waals surface area contributed by atoms with Gasteiger partial charge in [-0.1, -0.05) is 51.1 Å². The van der Waals surface area contributed by atoms with E-state index in [4.69, 9.17) is 28.9 Å². The van der Waals surface area contributed by atoms with Gasteiger partial charge >= 0.3 is 11.8 Å². The number of allylic oxidation sites excluding steroid dienone is 2. The van der Waals surface area contributed by atoms with Crippen molar-refractivity contribution in [1.82, 2.24) is 0 Å². The van der Waals surface area contributed by atoms with Gasteiger partial charge in [0.1, 0.15) is 30.0 Å². The first-order valence-electron chi connectivity index (χ1n) is 18.2. The number of aromatic hydroxyl groups is 3. The van der Waals surface area contributed by atoms with Crippen LogP contribution in [0.2, 0.25) is 0 Å². The minimum absolute atomic E-state index is 0.00857. The molecule has 56 heavy (non-hydrogen) atoms. The summed E-state index contributed by atoms with van der Waals surface area (Å²) in [6.07, 6.45) is 4.24. The van der Waals surface area contributed by atoms with Crippen LogP contribution < -0.4 is 10.1 Å². The van der Waals surface area contributed by atoms with Crippen LogP contribution in [0.3, 0.4) is 0 Å². The lowest BCUT2D eigenvalue weighted by molar-refractivity contribution is -0.160. The lowest BCUT2D eigenvalue weighted by Crippen LogP contribution is -2.46. The van der Waals surface area contributed by atoms with E-state index in [9.17, 15) is 39.9 Å². The number of phenols is 3. The molecular formula is C40H52N2O14. The van der Waals surface area contributed by atoms with E-state index >= 15 is 0 Å². The Balaban J connectivity index is 1.97. The first kappa shape index (κ1) is 43.6. The van der Waals surface area contributed by atoms with Gasteiger partial charge in [0.25, 0.3) is 11.7 Å². The zero-order chi connectivity index (χ0) is 41.8. The molecule has 0 radical (unpaired) electrons. The molecule has 0 saturated carbocycles. The molecule has 0 saturated heterocycles. The number of aliphatic hydroxyl groups is 3. The van der Waals surface area contributed by atoms with Crippen molar-refractivity contribution >= 4 is 40.3 Å². The highest BCUT2D eigenvalue weighted by Crippen LogP contribution is 2.55. The number of fused-ring (bicyclic) bond motifs is 14. The van der Waals surface area contributed by atoms with Crippen molar-refractivity contribution in [3.05, 3.63) is 52.8 Å². The molecule has 16 nitrogen and oxygen atoms in total. The molecule has 5 rings (SSSR count). The SMILES string of the molecule is COC1/C=C\OC2(C)Oc3c(C)c(O)c4c(O)c(c(/C=N/OCCO)c(O)c4c3C2=O)NC(=O)/C(C)=C\C=C/C(C)C(O)C(C)C(O)C(C)C(OC(C)=O)C1C. The van der Waals surface area contributed by atoms with Crippen LogP contribution in [0.15, 0.2) is 41.3 Å². The van der Waals surface area contributed by atoms with E-state index in [0.717, 1.165) is 12.5 Å². The van der Waals surface area contributed by atoms with Crippen molar-refractivity contribution in [2.45, 2.75) is 85.6 Å². The van der Waals surface area contributed by atoms with Gasteiger partial charge in [0.15, 0.2) is 5.75 Å². The zero-order valence-electron chi connectivity index (χ0n) is 32.9. The van der Waals surface area contributed by atoms with Crippen molar-refractivity contribution in [2.24, 2.45) is 28.8 Å². The Kier molecular flexibility index (Phi) is 13.8. The van der Waals surface area contributed by atoms with E-state index in [1.807, 2.05) is 0 Å². The molecule has 0 aromatic heterocycles. The van der Waals surface area contributed by atoms with Gasteiger partial charge in [-0.15, -0.1) is 0 Å². The highest BCUT2D eigenvalue weighted by atomic mass is 16.7. The number of anilines is 1. The number of Topliss-reactive ketones (excluding diaryl/α,β-unsaturated/α-hetero) is 1. The number of nitrogens with one attached hydrogen (secondary N) is 1. The fourth-order valence-electron chi connectivity index (χ4n) is 7.06. The summed E-state index contributed by atoms with van der Waals surface area (Å²) in [6, 6.07) is 0. The highest BCUT2D eigenvalue weighted by Gasteiger charge is 2.50. The molecule has 16 heteroatoms. The van der Waals surface area contributed by atoms with Crippen LogP contribution >= 0.6 is 0 Å². The highest BCUT2D eigenvalue weighted by molar-refractivity contribution is 6.23. The smallest absolute Gasteiger partial charge is 0.312 e. The molecule has 7 N–H and O–H groups in total. The summed E-state index contributed by atoms with van der Waals surface area (Å²) < 4.78 is 23.4. The van der Waals surface area contributed by atoms with Gasteiger partial charge in [0.05, 0.1) is 59.6 Å². The van der Waals surface area contributed by atoms with Crippen LogP contribution in [0.5, 0.6) is 23.0 Å². The second kappa shape index (κ2) is 17.7. The van der Waals surface area contributed by atoms with Gasteiger partial charge < -0.3 is 59.7 Å². The second-order valence-corrected chi connectivity index (χ2v) is 14.4. The van der Waals surface area contributed by atoms with Crippen molar-refractivity contribution in [3.8, 4) is 23.0 Å². The maximum absolute atomic E-state index is 14.2. The summed E-state index contributed by atoms with van der Waals surface area (Å²) in [5, 5.41) is 72.3. The minimum atomic E-state index is -2.08. The topological polar surface area (TPSA) is 243 Å². The van der Waals surface area contributed by atoms with E-state index in [-0.39, 0.29) is 45.4 Å². The van der Waals surface area contributed by atoms with Gasteiger partial charge in [-0.2, -0.15) is 0 Å². The number of hydrogen-bond acceptors (Lipinski definition) is 15. The first-order chi connectivity index (χ1) is 26.3. The largest absolute Gasteiger partial charge is 0.507 e. The molecule has 306 valence electrons. The Labute approximate surface area is 324 Å². The average molecular weight is 785 g/mol. The summed E-state index contributed by atoms with van der Waals surface area (Å²) in [5.74, 6) is -8.94. The Morgan fingerprint density at radius 1 is 0.982 bits per heavy atom. The molecule has 0 aliphatic carbocycles. The number of ether oxygens (including phenoxy) is 4. The molecule has 9 atom stereocenters. The number of rotatable bonds is 6. The number of esters is 1. The number of benzene rings is 2. The number of aliphatic hydroxyl groups excluding tert-OH is 3. The Morgan fingerprint density at radius 2 is 1.66 bits per heavy atom. The normalized spacial score (nSPS) is 31.0. The molecule has 2 aromatic rings. The van der Waals surface area contributed by atoms with E-state index in [1.54, 1.807) is 33.8 Å². The third-order valence-electron chi connectivity index (χ3n) is 10.5. The Bertz CT molecular complexity index is 1950. The summed E-state index contributed by atoms with van der Waals surface area (Å²) in [5.41, 5.74) is -0.836. The third kappa shape index (κ3) is 8.48. The van der Waals surface area contributed by atoms with Crippen molar-refractivity contribution in [2.75, 3.05) is 25.6 Å². The number of ketones is 1. The number of carbonyl (C=O) groups is 3. The third-order valence-corrected chi connectivity index (χ3v) is 10.5. The maximum atomic E-state index is 14.2. The summed E-state index contributed by atoms with van der Waals surface area (Å²) in [4.78, 5) is 45.0. The van der Waals surface area contributed by atoms with Crippen LogP contribution in [0, 0.1) is 30.6 Å². The van der Waals surface area contributed by atoms with Gasteiger partial charge in [0, 0.05) is 61.2 Å². The average Bonchev–Trinajstić information content (AvgIpc) is 3.42. The Morgan fingerprint density at radius 3 is 2.29 bits per heavy atom. The fourth-order valence-corrected chi connectivity index (χ4v) is 7.06. The van der Waals surface area contributed by atoms with Crippen LogP contribution in [0.25, 0.3) is 10.8 Å².